The van der Waals surface area contributed by atoms with Crippen LogP contribution in [0.1, 0.15) is 0 Å². The van der Waals surface area contributed by atoms with E-state index >= 15 is 0 Å². The highest BCUT2D eigenvalue weighted by molar-refractivity contribution is 6.00. The van der Waals surface area contributed by atoms with Gasteiger partial charge in [-0.3, -0.25) is 4.98 Å². The van der Waals surface area contributed by atoms with Crippen molar-refractivity contribution in [2.24, 2.45) is 0 Å². The van der Waals surface area contributed by atoms with Crippen molar-refractivity contribution >= 4 is 28.6 Å². The molecule has 2 aromatic carbocycles. The molecule has 0 spiro atoms. The summed E-state index contributed by atoms with van der Waals surface area (Å²) in [5, 5.41) is 5.70. The third-order valence-corrected chi connectivity index (χ3v) is 4.92. The summed E-state index contributed by atoms with van der Waals surface area (Å²) >= 11 is 0. The van der Waals surface area contributed by atoms with Crippen molar-refractivity contribution in [2.75, 3.05) is 10.6 Å². The Balaban J connectivity index is 1.25. The molecule has 2 amide bonds. The standard InChI is InChI=1S/C24H18N6O/c31-24(29-19-7-3-16(4-8-19)18-2-1-12-25-14-18)30-20-9-5-17(6-10-20)21-11-13-26-23-22(21)27-15-28-23/h1-15H,(H,26,27,28)(H2,29,30,31). The number of hydrogen-bond donors (Lipinski definition) is 3. The molecule has 7 heteroatoms. The second-order valence-corrected chi connectivity index (χ2v) is 6.94. The molecule has 0 aliphatic heterocycles. The van der Waals surface area contributed by atoms with Crippen LogP contribution in [0.3, 0.4) is 0 Å². The van der Waals surface area contributed by atoms with Gasteiger partial charge in [-0.05, 0) is 53.1 Å². The molecule has 150 valence electrons. The molecule has 3 aromatic heterocycles. The summed E-state index contributed by atoms with van der Waals surface area (Å²) in [5.41, 5.74) is 7.05. The first-order valence-corrected chi connectivity index (χ1v) is 9.73. The third-order valence-electron chi connectivity index (χ3n) is 4.92. The van der Waals surface area contributed by atoms with Gasteiger partial charge in [0.2, 0.25) is 0 Å². The second kappa shape index (κ2) is 8.08. The maximum absolute atomic E-state index is 12.4. The normalized spacial score (nSPS) is 10.7. The van der Waals surface area contributed by atoms with E-state index in [1.54, 1.807) is 18.7 Å². The molecular formula is C24H18N6O. The average molecular weight is 406 g/mol. The maximum atomic E-state index is 12.4. The Kier molecular flexibility index (Phi) is 4.82. The molecule has 31 heavy (non-hydrogen) atoms. The number of pyridine rings is 2. The number of carbonyl (C=O) groups is 1. The predicted octanol–water partition coefficient (Wildman–Crippen LogP) is 5.33. The minimum atomic E-state index is -0.304. The van der Waals surface area contributed by atoms with Crippen LogP contribution in [0.4, 0.5) is 16.2 Å². The van der Waals surface area contributed by atoms with Crippen LogP contribution in [0, 0.1) is 0 Å². The fourth-order valence-electron chi connectivity index (χ4n) is 3.40. The van der Waals surface area contributed by atoms with E-state index in [1.807, 2.05) is 72.9 Å². The third kappa shape index (κ3) is 3.97. The molecule has 0 aliphatic carbocycles. The lowest BCUT2D eigenvalue weighted by Crippen LogP contribution is -2.19. The van der Waals surface area contributed by atoms with Crippen LogP contribution in [0.5, 0.6) is 0 Å². The van der Waals surface area contributed by atoms with Crippen molar-refractivity contribution in [2.45, 2.75) is 0 Å². The van der Waals surface area contributed by atoms with Crippen LogP contribution in [-0.4, -0.2) is 26.0 Å². The predicted molar refractivity (Wildman–Crippen MR) is 122 cm³/mol. The van der Waals surface area contributed by atoms with Crippen molar-refractivity contribution in [3.05, 3.63) is 91.6 Å². The monoisotopic (exact) mass is 406 g/mol. The number of anilines is 2. The summed E-state index contributed by atoms with van der Waals surface area (Å²) in [6.45, 7) is 0. The van der Waals surface area contributed by atoms with E-state index in [4.69, 9.17) is 0 Å². The summed E-state index contributed by atoms with van der Waals surface area (Å²) in [5.74, 6) is 0. The van der Waals surface area contributed by atoms with Gasteiger partial charge in [-0.2, -0.15) is 0 Å². The quantitative estimate of drug-likeness (QED) is 0.376. The van der Waals surface area contributed by atoms with E-state index in [-0.39, 0.29) is 6.03 Å². The number of fused-ring (bicyclic) bond motifs is 1. The van der Waals surface area contributed by atoms with Crippen LogP contribution in [0.25, 0.3) is 33.4 Å². The molecule has 7 nitrogen and oxygen atoms in total. The van der Waals surface area contributed by atoms with Gasteiger partial charge in [-0.25, -0.2) is 14.8 Å². The molecule has 0 aliphatic rings. The van der Waals surface area contributed by atoms with E-state index in [0.29, 0.717) is 17.0 Å². The highest BCUT2D eigenvalue weighted by atomic mass is 16.2. The van der Waals surface area contributed by atoms with Crippen molar-refractivity contribution in [1.29, 1.82) is 0 Å². The molecule has 0 unspecified atom stereocenters. The van der Waals surface area contributed by atoms with Gasteiger partial charge in [0.05, 0.1) is 11.8 Å². The number of rotatable bonds is 4. The smallest absolute Gasteiger partial charge is 0.323 e. The first-order chi connectivity index (χ1) is 15.3. The summed E-state index contributed by atoms with van der Waals surface area (Å²) in [6, 6.07) is 20.8. The summed E-state index contributed by atoms with van der Waals surface area (Å²) in [4.78, 5) is 28.1. The Morgan fingerprint density at radius 2 is 1.45 bits per heavy atom. The molecule has 0 fully saturated rings. The number of aromatic nitrogens is 4. The number of hydrogen-bond acceptors (Lipinski definition) is 4. The minimum absolute atomic E-state index is 0.304. The zero-order valence-corrected chi connectivity index (χ0v) is 16.4. The maximum Gasteiger partial charge on any atom is 0.323 e. The Bertz CT molecular complexity index is 1330. The molecule has 5 aromatic rings. The van der Waals surface area contributed by atoms with Crippen LogP contribution in [0.15, 0.2) is 91.6 Å². The van der Waals surface area contributed by atoms with Crippen LogP contribution >= 0.6 is 0 Å². The zero-order valence-electron chi connectivity index (χ0n) is 16.4. The van der Waals surface area contributed by atoms with E-state index in [2.05, 4.69) is 30.6 Å². The molecular weight excluding hydrogens is 388 g/mol. The van der Waals surface area contributed by atoms with Crippen LogP contribution in [-0.2, 0) is 0 Å². The van der Waals surface area contributed by atoms with Gasteiger partial charge in [-0.1, -0.05) is 30.3 Å². The van der Waals surface area contributed by atoms with Gasteiger partial charge < -0.3 is 15.6 Å². The summed E-state index contributed by atoms with van der Waals surface area (Å²) in [7, 11) is 0. The van der Waals surface area contributed by atoms with Crippen molar-refractivity contribution in [1.82, 2.24) is 19.9 Å². The molecule has 0 bridgehead atoms. The number of urea groups is 1. The number of nitrogens with one attached hydrogen (secondary N) is 3. The van der Waals surface area contributed by atoms with Crippen LogP contribution in [0.2, 0.25) is 0 Å². The molecule has 0 saturated carbocycles. The van der Waals surface area contributed by atoms with Crippen molar-refractivity contribution in [3.63, 3.8) is 0 Å². The second-order valence-electron chi connectivity index (χ2n) is 6.94. The van der Waals surface area contributed by atoms with Gasteiger partial charge >= 0.3 is 6.03 Å². The van der Waals surface area contributed by atoms with E-state index in [1.165, 1.54) is 0 Å². The Morgan fingerprint density at radius 3 is 2.13 bits per heavy atom. The lowest BCUT2D eigenvalue weighted by atomic mass is 10.1. The molecule has 0 radical (unpaired) electrons. The fourth-order valence-corrected chi connectivity index (χ4v) is 3.40. The first kappa shape index (κ1) is 18.5. The van der Waals surface area contributed by atoms with Gasteiger partial charge in [-0.15, -0.1) is 0 Å². The van der Waals surface area contributed by atoms with E-state index in [9.17, 15) is 4.79 Å². The Hall–Kier alpha value is -4.52. The van der Waals surface area contributed by atoms with E-state index < -0.39 is 0 Å². The van der Waals surface area contributed by atoms with Gasteiger partial charge in [0.15, 0.2) is 5.65 Å². The largest absolute Gasteiger partial charge is 0.343 e. The number of H-pyrrole nitrogens is 1. The van der Waals surface area contributed by atoms with Gasteiger partial charge in [0, 0.05) is 35.5 Å². The summed E-state index contributed by atoms with van der Waals surface area (Å²) in [6.07, 6.45) is 6.91. The van der Waals surface area contributed by atoms with Crippen molar-refractivity contribution < 1.29 is 4.79 Å². The Morgan fingerprint density at radius 1 is 0.742 bits per heavy atom. The lowest BCUT2D eigenvalue weighted by molar-refractivity contribution is 0.262. The van der Waals surface area contributed by atoms with Crippen LogP contribution < -0.4 is 10.6 Å². The number of aromatic amines is 1. The van der Waals surface area contributed by atoms with Gasteiger partial charge in [0.1, 0.15) is 0 Å². The number of nitrogens with zero attached hydrogens (tertiary/aromatic N) is 3. The topological polar surface area (TPSA) is 95.6 Å². The zero-order chi connectivity index (χ0) is 21.0. The SMILES string of the molecule is O=C(Nc1ccc(-c2cccnc2)cc1)Nc1ccc(-c2ccnc3nc[nH]c23)cc1. The Labute approximate surface area is 178 Å². The molecule has 0 saturated heterocycles. The van der Waals surface area contributed by atoms with Gasteiger partial charge in [0.25, 0.3) is 0 Å². The minimum Gasteiger partial charge on any atom is -0.343 e. The molecule has 3 N–H and O–H groups in total. The number of benzene rings is 2. The lowest BCUT2D eigenvalue weighted by Gasteiger charge is -2.09. The first-order valence-electron chi connectivity index (χ1n) is 9.73. The average Bonchev–Trinajstić information content (AvgIpc) is 3.30. The summed E-state index contributed by atoms with van der Waals surface area (Å²) < 4.78 is 0. The van der Waals surface area contributed by atoms with Crippen molar-refractivity contribution in [3.8, 4) is 22.3 Å². The molecule has 5 rings (SSSR count). The number of imidazole rings is 1. The van der Waals surface area contributed by atoms with E-state index in [0.717, 1.165) is 27.8 Å². The fraction of sp³-hybridized carbons (Fsp3) is 0. The number of amides is 2. The number of carbonyl (C=O) groups excluding carboxylic acids is 1. The molecule has 0 atom stereocenters. The highest BCUT2D eigenvalue weighted by Crippen LogP contribution is 2.26. The molecule has 3 heterocycles. The highest BCUT2D eigenvalue weighted by Gasteiger charge is 2.08.